The molecular formula is C9H8F4S. The number of rotatable bonds is 3. The van der Waals surface area contributed by atoms with Crippen LogP contribution >= 0.6 is 11.8 Å². The van der Waals surface area contributed by atoms with Gasteiger partial charge in [-0.1, -0.05) is 23.9 Å². The van der Waals surface area contributed by atoms with Gasteiger partial charge in [-0.05, 0) is 24.1 Å². The van der Waals surface area contributed by atoms with Gasteiger partial charge in [0.25, 0.3) is 0 Å². The summed E-state index contributed by atoms with van der Waals surface area (Å²) >= 11 is -0.0611. The van der Waals surface area contributed by atoms with Crippen LogP contribution in [0.3, 0.4) is 0 Å². The second-order valence-electron chi connectivity index (χ2n) is 2.67. The number of benzene rings is 1. The number of hydrogen-bond acceptors (Lipinski definition) is 1. The van der Waals surface area contributed by atoms with Gasteiger partial charge in [-0.15, -0.1) is 0 Å². The third-order valence-corrected chi connectivity index (χ3v) is 2.31. The summed E-state index contributed by atoms with van der Waals surface area (Å²) < 4.78 is 47.6. The molecule has 0 aliphatic carbocycles. The molecular weight excluding hydrogens is 216 g/mol. The summed E-state index contributed by atoms with van der Waals surface area (Å²) in [4.78, 5) is 0. The van der Waals surface area contributed by atoms with Crippen molar-refractivity contribution in [3.63, 3.8) is 0 Å². The predicted octanol–water partition coefficient (Wildman–Crippen LogP) is 3.62. The number of halogens is 4. The molecule has 1 aromatic carbocycles. The van der Waals surface area contributed by atoms with Crippen LogP contribution in [0.25, 0.3) is 0 Å². The zero-order chi connectivity index (χ0) is 10.6. The molecule has 0 aliphatic rings. The van der Waals surface area contributed by atoms with E-state index in [1.54, 1.807) is 0 Å². The van der Waals surface area contributed by atoms with Gasteiger partial charge in [-0.25, -0.2) is 4.39 Å². The van der Waals surface area contributed by atoms with Gasteiger partial charge in [0, 0.05) is 5.75 Å². The third kappa shape index (κ3) is 4.50. The first-order valence-electron chi connectivity index (χ1n) is 3.92. The van der Waals surface area contributed by atoms with E-state index in [0.29, 0.717) is 12.0 Å². The van der Waals surface area contributed by atoms with Crippen molar-refractivity contribution in [2.45, 2.75) is 11.9 Å². The van der Waals surface area contributed by atoms with E-state index in [9.17, 15) is 17.6 Å². The lowest BCUT2D eigenvalue weighted by Crippen LogP contribution is -2.02. The number of alkyl halides is 3. The summed E-state index contributed by atoms with van der Waals surface area (Å²) in [6, 6.07) is 5.47. The third-order valence-electron chi connectivity index (χ3n) is 1.57. The molecule has 0 saturated carbocycles. The fourth-order valence-corrected chi connectivity index (χ4v) is 1.50. The molecule has 0 aliphatic heterocycles. The van der Waals surface area contributed by atoms with Crippen molar-refractivity contribution in [1.82, 2.24) is 0 Å². The van der Waals surface area contributed by atoms with Crippen LogP contribution < -0.4 is 0 Å². The van der Waals surface area contributed by atoms with E-state index in [0.717, 1.165) is 0 Å². The highest BCUT2D eigenvalue weighted by Gasteiger charge is 2.27. The summed E-state index contributed by atoms with van der Waals surface area (Å²) in [6.45, 7) is 0. The summed E-state index contributed by atoms with van der Waals surface area (Å²) in [5, 5.41) is 0. The maximum Gasteiger partial charge on any atom is 0.441 e. The molecule has 0 amide bonds. The first-order chi connectivity index (χ1) is 6.47. The topological polar surface area (TPSA) is 0 Å². The maximum atomic E-state index is 12.4. The van der Waals surface area contributed by atoms with Crippen molar-refractivity contribution < 1.29 is 17.6 Å². The lowest BCUT2D eigenvalue weighted by atomic mass is 10.2. The summed E-state index contributed by atoms with van der Waals surface area (Å²) in [5.41, 5.74) is -3.47. The highest BCUT2D eigenvalue weighted by atomic mass is 32.2. The highest BCUT2D eigenvalue weighted by molar-refractivity contribution is 8.00. The number of hydrogen-bond donors (Lipinski definition) is 0. The normalized spacial score (nSPS) is 11.7. The zero-order valence-corrected chi connectivity index (χ0v) is 7.96. The lowest BCUT2D eigenvalue weighted by molar-refractivity contribution is -0.0327. The fourth-order valence-electron chi connectivity index (χ4n) is 0.936. The second-order valence-corrected chi connectivity index (χ2v) is 3.83. The molecule has 0 bridgehead atoms. The van der Waals surface area contributed by atoms with E-state index < -0.39 is 5.51 Å². The average Bonchev–Trinajstić information content (AvgIpc) is 2.06. The Kier molecular flexibility index (Phi) is 3.80. The van der Waals surface area contributed by atoms with E-state index >= 15 is 0 Å². The molecule has 78 valence electrons. The van der Waals surface area contributed by atoms with Crippen LogP contribution in [-0.4, -0.2) is 11.3 Å². The van der Waals surface area contributed by atoms with E-state index in [1.807, 2.05) is 0 Å². The maximum absolute atomic E-state index is 12.4. The quantitative estimate of drug-likeness (QED) is 0.706. The van der Waals surface area contributed by atoms with Crippen LogP contribution in [0.1, 0.15) is 5.56 Å². The molecule has 0 saturated heterocycles. The van der Waals surface area contributed by atoms with Crippen LogP contribution in [0.5, 0.6) is 0 Å². The molecule has 0 fully saturated rings. The fraction of sp³-hybridized carbons (Fsp3) is 0.333. The van der Waals surface area contributed by atoms with Crippen molar-refractivity contribution in [1.29, 1.82) is 0 Å². The van der Waals surface area contributed by atoms with Crippen molar-refractivity contribution in [3.05, 3.63) is 35.6 Å². The van der Waals surface area contributed by atoms with Crippen LogP contribution in [-0.2, 0) is 6.42 Å². The molecule has 0 heterocycles. The van der Waals surface area contributed by atoms with Crippen LogP contribution in [0.15, 0.2) is 24.3 Å². The van der Waals surface area contributed by atoms with Gasteiger partial charge in [0.1, 0.15) is 5.82 Å². The Balaban J connectivity index is 2.35. The largest absolute Gasteiger partial charge is 0.441 e. The second kappa shape index (κ2) is 4.68. The Hall–Kier alpha value is -0.710. The molecule has 0 radical (unpaired) electrons. The summed E-state index contributed by atoms with van der Waals surface area (Å²) in [6.07, 6.45) is 0.296. The van der Waals surface area contributed by atoms with Gasteiger partial charge < -0.3 is 0 Å². The molecule has 0 unspecified atom stereocenters. The minimum atomic E-state index is -4.18. The van der Waals surface area contributed by atoms with Crippen molar-refractivity contribution in [2.24, 2.45) is 0 Å². The minimum Gasteiger partial charge on any atom is -0.207 e. The minimum absolute atomic E-state index is 0.0326. The molecule has 1 rings (SSSR count). The molecule has 0 spiro atoms. The van der Waals surface area contributed by atoms with E-state index in [2.05, 4.69) is 0 Å². The smallest absolute Gasteiger partial charge is 0.207 e. The predicted molar refractivity (Wildman–Crippen MR) is 48.6 cm³/mol. The number of aryl methyl sites for hydroxylation is 1. The Labute approximate surface area is 83.3 Å². The van der Waals surface area contributed by atoms with E-state index in [1.165, 1.54) is 24.3 Å². The van der Waals surface area contributed by atoms with Gasteiger partial charge in [0.05, 0.1) is 0 Å². The first-order valence-corrected chi connectivity index (χ1v) is 4.91. The Morgan fingerprint density at radius 2 is 1.64 bits per heavy atom. The Morgan fingerprint density at radius 3 is 2.14 bits per heavy atom. The van der Waals surface area contributed by atoms with Crippen molar-refractivity contribution in [2.75, 3.05) is 5.75 Å². The van der Waals surface area contributed by atoms with Gasteiger partial charge in [0.2, 0.25) is 0 Å². The van der Waals surface area contributed by atoms with Crippen LogP contribution in [0, 0.1) is 5.82 Å². The lowest BCUT2D eigenvalue weighted by Gasteiger charge is -2.04. The molecule has 1 aromatic rings. The summed E-state index contributed by atoms with van der Waals surface area (Å²) in [7, 11) is 0. The van der Waals surface area contributed by atoms with Crippen LogP contribution in [0.2, 0.25) is 0 Å². The molecule has 5 heteroatoms. The van der Waals surface area contributed by atoms with E-state index in [4.69, 9.17) is 0 Å². The first kappa shape index (κ1) is 11.4. The number of thioether (sulfide) groups is 1. The van der Waals surface area contributed by atoms with Crippen LogP contribution in [0.4, 0.5) is 17.6 Å². The molecule has 0 nitrogen and oxygen atoms in total. The monoisotopic (exact) mass is 224 g/mol. The Morgan fingerprint density at radius 1 is 1.07 bits per heavy atom. The average molecular weight is 224 g/mol. The van der Waals surface area contributed by atoms with Gasteiger partial charge >= 0.3 is 5.51 Å². The van der Waals surface area contributed by atoms with Gasteiger partial charge in [-0.3, -0.25) is 0 Å². The highest BCUT2D eigenvalue weighted by Crippen LogP contribution is 2.30. The summed E-state index contributed by atoms with van der Waals surface area (Å²) in [5.74, 6) is -0.410. The molecule has 14 heavy (non-hydrogen) atoms. The van der Waals surface area contributed by atoms with Crippen molar-refractivity contribution in [3.8, 4) is 0 Å². The standard InChI is InChI=1S/C9H8F4S/c10-8-3-1-7(2-4-8)5-6-14-9(11,12)13/h1-4H,5-6H2. The van der Waals surface area contributed by atoms with E-state index in [-0.39, 0.29) is 23.3 Å². The van der Waals surface area contributed by atoms with Gasteiger partial charge in [0.15, 0.2) is 0 Å². The SMILES string of the molecule is Fc1ccc(CCSC(F)(F)F)cc1. The molecule has 0 aromatic heterocycles. The Bertz CT molecular complexity index is 278. The van der Waals surface area contributed by atoms with Crippen molar-refractivity contribution >= 4 is 11.8 Å². The molecule has 0 atom stereocenters. The zero-order valence-electron chi connectivity index (χ0n) is 7.14. The van der Waals surface area contributed by atoms with Gasteiger partial charge in [-0.2, -0.15) is 13.2 Å². The molecule has 0 N–H and O–H groups in total.